The lowest BCUT2D eigenvalue weighted by Crippen LogP contribution is -2.13. The normalized spacial score (nSPS) is 11.1. The van der Waals surface area contributed by atoms with E-state index in [1.807, 2.05) is 30.3 Å². The van der Waals surface area contributed by atoms with E-state index in [0.29, 0.717) is 47.1 Å². The molecule has 3 rings (SSSR count). The van der Waals surface area contributed by atoms with Gasteiger partial charge in [0.05, 0.1) is 14.2 Å². The van der Waals surface area contributed by atoms with Crippen LogP contribution >= 0.6 is 11.3 Å². The van der Waals surface area contributed by atoms with Crippen LogP contribution in [0.5, 0.6) is 23.0 Å². The lowest BCUT2D eigenvalue weighted by atomic mass is 10.1. The second-order valence-electron chi connectivity index (χ2n) is 8.01. The number of methoxy groups -OCH3 is 2. The number of hydrogen-bond acceptors (Lipinski definition) is 9. The molecule has 1 amide bonds. The monoisotopic (exact) mass is 508 g/mol. The average Bonchev–Trinajstić information content (AvgIpc) is 3.31. The van der Waals surface area contributed by atoms with E-state index in [0.717, 1.165) is 17.2 Å². The summed E-state index contributed by atoms with van der Waals surface area (Å²) in [4.78, 5) is 12.6. The van der Waals surface area contributed by atoms with E-state index < -0.39 is 5.91 Å². The molecular formula is C26H28N4O5S. The first-order chi connectivity index (χ1) is 17.4. The fourth-order valence-corrected chi connectivity index (χ4v) is 4.04. The van der Waals surface area contributed by atoms with E-state index >= 15 is 0 Å². The van der Waals surface area contributed by atoms with Crippen LogP contribution in [0.25, 0.3) is 6.08 Å². The molecule has 10 heteroatoms. The first-order valence-electron chi connectivity index (χ1n) is 11.2. The Labute approximate surface area is 214 Å². The molecule has 1 heterocycles. The molecule has 0 unspecified atom stereocenters. The van der Waals surface area contributed by atoms with Crippen LogP contribution in [-0.2, 0) is 11.2 Å². The molecule has 0 spiro atoms. The fraction of sp³-hybridized carbons (Fsp3) is 0.308. The first kappa shape index (κ1) is 26.5. The summed E-state index contributed by atoms with van der Waals surface area (Å²) in [6, 6.07) is 14.4. The number of benzene rings is 2. The zero-order valence-corrected chi connectivity index (χ0v) is 21.4. The molecule has 1 aromatic heterocycles. The summed E-state index contributed by atoms with van der Waals surface area (Å²) in [5.41, 5.74) is 0.539. The maximum atomic E-state index is 12.6. The minimum atomic E-state index is -0.556. The number of amides is 1. The van der Waals surface area contributed by atoms with Crippen LogP contribution in [0, 0.1) is 17.2 Å². The maximum absolute atomic E-state index is 12.6. The van der Waals surface area contributed by atoms with Crippen LogP contribution in [0.1, 0.15) is 24.4 Å². The number of ether oxygens (including phenoxy) is 4. The van der Waals surface area contributed by atoms with Gasteiger partial charge in [0.1, 0.15) is 41.4 Å². The fourth-order valence-electron chi connectivity index (χ4n) is 3.09. The molecule has 0 saturated carbocycles. The minimum Gasteiger partial charge on any atom is -0.497 e. The molecule has 0 bridgehead atoms. The van der Waals surface area contributed by atoms with E-state index in [1.165, 1.54) is 24.5 Å². The third kappa shape index (κ3) is 7.71. The van der Waals surface area contributed by atoms with Crippen molar-refractivity contribution in [2.45, 2.75) is 20.3 Å². The highest BCUT2D eigenvalue weighted by Crippen LogP contribution is 2.29. The van der Waals surface area contributed by atoms with Crippen molar-refractivity contribution in [1.29, 1.82) is 5.26 Å². The van der Waals surface area contributed by atoms with Crippen LogP contribution < -0.4 is 24.3 Å². The van der Waals surface area contributed by atoms with Gasteiger partial charge < -0.3 is 18.9 Å². The number of nitrogens with one attached hydrogen (secondary N) is 1. The molecule has 1 N–H and O–H groups in total. The second kappa shape index (κ2) is 13.1. The number of carbonyl (C=O) groups excluding carboxylic acids is 1. The Hall–Kier alpha value is -4.10. The standard InChI is InChI=1S/C26H28N4O5S/c1-17(2)13-24-29-30-26(36-24)28-25(31)19(16-27)14-18-5-10-22(23(15-18)33-4)35-12-11-34-21-8-6-20(32-3)7-9-21/h5-10,14-15,17H,11-13H2,1-4H3,(H,28,30,31). The maximum Gasteiger partial charge on any atom is 0.268 e. The predicted molar refractivity (Wildman–Crippen MR) is 138 cm³/mol. The van der Waals surface area contributed by atoms with Crippen LogP contribution in [0.3, 0.4) is 0 Å². The smallest absolute Gasteiger partial charge is 0.268 e. The first-order valence-corrected chi connectivity index (χ1v) is 12.1. The van der Waals surface area contributed by atoms with Gasteiger partial charge in [0, 0.05) is 6.42 Å². The molecule has 0 aliphatic heterocycles. The Balaban J connectivity index is 1.59. The van der Waals surface area contributed by atoms with Gasteiger partial charge in [-0.15, -0.1) is 10.2 Å². The van der Waals surface area contributed by atoms with Gasteiger partial charge in [0.15, 0.2) is 11.5 Å². The van der Waals surface area contributed by atoms with Crippen molar-refractivity contribution in [1.82, 2.24) is 10.2 Å². The van der Waals surface area contributed by atoms with E-state index in [4.69, 9.17) is 18.9 Å². The van der Waals surface area contributed by atoms with Gasteiger partial charge in [-0.25, -0.2) is 0 Å². The third-order valence-electron chi connectivity index (χ3n) is 4.80. The summed E-state index contributed by atoms with van der Waals surface area (Å²) >= 11 is 1.30. The molecule has 0 aliphatic rings. The number of rotatable bonds is 12. The average molecular weight is 509 g/mol. The molecule has 9 nitrogen and oxygen atoms in total. The molecule has 0 atom stereocenters. The minimum absolute atomic E-state index is 0.0702. The molecule has 0 radical (unpaired) electrons. The molecule has 3 aromatic rings. The number of nitriles is 1. The summed E-state index contributed by atoms with van der Waals surface area (Å²) in [5, 5.41) is 21.4. The summed E-state index contributed by atoms with van der Waals surface area (Å²) in [6.45, 7) is 4.79. The number of aromatic nitrogens is 2. The Morgan fingerprint density at radius 2 is 1.75 bits per heavy atom. The molecule has 2 aromatic carbocycles. The van der Waals surface area contributed by atoms with E-state index in [2.05, 4.69) is 29.4 Å². The highest BCUT2D eigenvalue weighted by atomic mass is 32.1. The molecule has 0 fully saturated rings. The Morgan fingerprint density at radius 1 is 1.03 bits per heavy atom. The van der Waals surface area contributed by atoms with Gasteiger partial charge in [0.25, 0.3) is 5.91 Å². The van der Waals surface area contributed by atoms with E-state index in [9.17, 15) is 10.1 Å². The van der Waals surface area contributed by atoms with Gasteiger partial charge in [0.2, 0.25) is 5.13 Å². The van der Waals surface area contributed by atoms with Crippen molar-refractivity contribution in [3.8, 4) is 29.1 Å². The van der Waals surface area contributed by atoms with Crippen molar-refractivity contribution in [3.63, 3.8) is 0 Å². The van der Waals surface area contributed by atoms with Crippen LogP contribution in [0.15, 0.2) is 48.0 Å². The predicted octanol–water partition coefficient (Wildman–Crippen LogP) is 4.76. The molecule has 0 saturated heterocycles. The van der Waals surface area contributed by atoms with Gasteiger partial charge in [-0.2, -0.15) is 5.26 Å². The lowest BCUT2D eigenvalue weighted by Gasteiger charge is -2.12. The summed E-state index contributed by atoms with van der Waals surface area (Å²) in [7, 11) is 3.13. The van der Waals surface area contributed by atoms with Gasteiger partial charge >= 0.3 is 0 Å². The number of carbonyl (C=O) groups is 1. The quantitative estimate of drug-likeness (QED) is 0.212. The van der Waals surface area contributed by atoms with Crippen LogP contribution in [0.2, 0.25) is 0 Å². The van der Waals surface area contributed by atoms with Crippen molar-refractivity contribution in [2.24, 2.45) is 5.92 Å². The topological polar surface area (TPSA) is 116 Å². The van der Waals surface area contributed by atoms with Gasteiger partial charge in [-0.05, 0) is 54.0 Å². The lowest BCUT2D eigenvalue weighted by molar-refractivity contribution is -0.112. The third-order valence-corrected chi connectivity index (χ3v) is 5.66. The molecule has 0 aliphatic carbocycles. The largest absolute Gasteiger partial charge is 0.497 e. The Kier molecular flexibility index (Phi) is 9.65. The van der Waals surface area contributed by atoms with Gasteiger partial charge in [-0.3, -0.25) is 10.1 Å². The molecule has 36 heavy (non-hydrogen) atoms. The highest BCUT2D eigenvalue weighted by molar-refractivity contribution is 7.15. The Morgan fingerprint density at radius 3 is 2.42 bits per heavy atom. The summed E-state index contributed by atoms with van der Waals surface area (Å²) in [5.74, 6) is 2.32. The Bertz CT molecular complexity index is 1230. The summed E-state index contributed by atoms with van der Waals surface area (Å²) < 4.78 is 22.0. The van der Waals surface area contributed by atoms with Crippen molar-refractivity contribution >= 4 is 28.5 Å². The van der Waals surface area contributed by atoms with Gasteiger partial charge in [-0.1, -0.05) is 31.3 Å². The number of anilines is 1. The van der Waals surface area contributed by atoms with Crippen molar-refractivity contribution < 1.29 is 23.7 Å². The number of hydrogen-bond donors (Lipinski definition) is 1. The zero-order valence-electron chi connectivity index (χ0n) is 20.6. The SMILES string of the molecule is COc1ccc(OCCOc2ccc(C=C(C#N)C(=O)Nc3nnc(CC(C)C)s3)cc2OC)cc1. The molecule has 188 valence electrons. The molecular weight excluding hydrogens is 480 g/mol. The number of nitrogens with zero attached hydrogens (tertiary/aromatic N) is 3. The van der Waals surface area contributed by atoms with E-state index in [-0.39, 0.29) is 5.57 Å². The van der Waals surface area contributed by atoms with Crippen molar-refractivity contribution in [3.05, 3.63) is 58.6 Å². The highest BCUT2D eigenvalue weighted by Gasteiger charge is 2.14. The van der Waals surface area contributed by atoms with E-state index in [1.54, 1.807) is 25.3 Å². The summed E-state index contributed by atoms with van der Waals surface area (Å²) in [6.07, 6.45) is 2.25. The van der Waals surface area contributed by atoms with Crippen LogP contribution in [0.4, 0.5) is 5.13 Å². The van der Waals surface area contributed by atoms with Crippen LogP contribution in [-0.4, -0.2) is 43.5 Å². The zero-order chi connectivity index (χ0) is 25.9. The van der Waals surface area contributed by atoms with Crippen molar-refractivity contribution in [2.75, 3.05) is 32.8 Å². The second-order valence-corrected chi connectivity index (χ2v) is 9.07.